The van der Waals surface area contributed by atoms with Crippen LogP contribution in [0.5, 0.6) is 5.75 Å². The summed E-state index contributed by atoms with van der Waals surface area (Å²) in [5.74, 6) is 0.635. The average molecular weight is 364 g/mol. The van der Waals surface area contributed by atoms with Gasteiger partial charge in [-0.3, -0.25) is 0 Å². The second-order valence-corrected chi connectivity index (χ2v) is 7.79. The molecule has 0 N–H and O–H groups in total. The molecule has 2 aromatic rings. The maximum atomic E-state index is 12.2. The van der Waals surface area contributed by atoms with Gasteiger partial charge in [0, 0.05) is 0 Å². The van der Waals surface area contributed by atoms with Crippen LogP contribution in [-0.4, -0.2) is 5.60 Å². The van der Waals surface area contributed by atoms with Gasteiger partial charge in [-0.1, -0.05) is 35.4 Å². The number of hydrogen-bond acceptors (Lipinski definition) is 3. The third kappa shape index (κ3) is 4.60. The smallest absolute Gasteiger partial charge is 0.347 e. The maximum absolute atomic E-state index is 12.2. The Bertz CT molecular complexity index is 971. The van der Waals surface area contributed by atoms with Gasteiger partial charge in [0.1, 0.15) is 22.5 Å². The Labute approximate surface area is 161 Å². The van der Waals surface area contributed by atoms with Crippen molar-refractivity contribution >= 4 is 17.0 Å². The molecule has 0 radical (unpaired) electrons. The van der Waals surface area contributed by atoms with E-state index in [1.165, 1.54) is 11.1 Å². The summed E-state index contributed by atoms with van der Waals surface area (Å²) in [5, 5.41) is 0.844. The van der Waals surface area contributed by atoms with Gasteiger partial charge in [0.05, 0.1) is 5.39 Å². The fourth-order valence-corrected chi connectivity index (χ4v) is 3.35. The van der Waals surface area contributed by atoms with Crippen LogP contribution in [-0.2, 0) is 0 Å². The summed E-state index contributed by atoms with van der Waals surface area (Å²) in [6.45, 7) is 8.53. The van der Waals surface area contributed by atoms with Gasteiger partial charge in [0.25, 0.3) is 0 Å². The molecule has 0 unspecified atom stereocenters. The number of fused-ring (bicyclic) bond motifs is 3. The predicted octanol–water partition coefficient (Wildman–Crippen LogP) is 6.43. The third-order valence-corrected chi connectivity index (χ3v) is 4.96. The Balaban J connectivity index is 1.73. The standard InChI is InChI=1S/C24H28O3/c1-17(2)9-7-10-18(3)11-8-15-24(4)16-14-20-22(27-24)19-12-5-6-13-21(19)26-23(20)25/h5-6,9,11-14,16H,7-8,10,15H2,1-4H3/b18-11-/t24-/m0/s1. The van der Waals surface area contributed by atoms with Crippen LogP contribution in [0.3, 0.4) is 0 Å². The summed E-state index contributed by atoms with van der Waals surface area (Å²) in [6.07, 6.45) is 12.4. The van der Waals surface area contributed by atoms with Gasteiger partial charge < -0.3 is 9.15 Å². The Morgan fingerprint density at radius 2 is 1.89 bits per heavy atom. The highest BCUT2D eigenvalue weighted by Crippen LogP contribution is 2.37. The molecule has 1 atom stereocenters. The molecule has 1 aromatic heterocycles. The van der Waals surface area contributed by atoms with Crippen LogP contribution in [0.2, 0.25) is 0 Å². The van der Waals surface area contributed by atoms with Gasteiger partial charge in [-0.15, -0.1) is 0 Å². The van der Waals surface area contributed by atoms with Crippen molar-refractivity contribution in [2.75, 3.05) is 0 Å². The fraction of sp³-hybridized carbons (Fsp3) is 0.375. The average Bonchev–Trinajstić information content (AvgIpc) is 2.61. The zero-order valence-corrected chi connectivity index (χ0v) is 16.7. The zero-order valence-electron chi connectivity index (χ0n) is 16.7. The van der Waals surface area contributed by atoms with Crippen LogP contribution < -0.4 is 10.4 Å². The van der Waals surface area contributed by atoms with Crippen LogP contribution in [0.25, 0.3) is 17.0 Å². The van der Waals surface area contributed by atoms with Crippen molar-refractivity contribution in [2.24, 2.45) is 0 Å². The molecular weight excluding hydrogens is 336 g/mol. The van der Waals surface area contributed by atoms with E-state index < -0.39 is 5.60 Å². The molecule has 3 nitrogen and oxygen atoms in total. The highest BCUT2D eigenvalue weighted by atomic mass is 16.5. The highest BCUT2D eigenvalue weighted by molar-refractivity contribution is 5.87. The minimum Gasteiger partial charge on any atom is -0.482 e. The number of allylic oxidation sites excluding steroid dienone is 4. The van der Waals surface area contributed by atoms with Crippen LogP contribution in [0.1, 0.15) is 58.9 Å². The molecule has 1 aliphatic rings. The molecule has 0 aliphatic carbocycles. The highest BCUT2D eigenvalue weighted by Gasteiger charge is 2.29. The van der Waals surface area contributed by atoms with Crippen molar-refractivity contribution in [3.8, 4) is 5.75 Å². The van der Waals surface area contributed by atoms with Crippen molar-refractivity contribution in [2.45, 2.75) is 59.0 Å². The van der Waals surface area contributed by atoms with Crippen LogP contribution >= 0.6 is 0 Å². The van der Waals surface area contributed by atoms with Gasteiger partial charge in [-0.2, -0.15) is 0 Å². The van der Waals surface area contributed by atoms with E-state index in [2.05, 4.69) is 39.8 Å². The summed E-state index contributed by atoms with van der Waals surface area (Å²) in [5.41, 5.74) is 3.06. The van der Waals surface area contributed by atoms with Crippen molar-refractivity contribution in [1.82, 2.24) is 0 Å². The second-order valence-electron chi connectivity index (χ2n) is 7.79. The first-order chi connectivity index (χ1) is 12.9. The zero-order chi connectivity index (χ0) is 19.4. The lowest BCUT2D eigenvalue weighted by Gasteiger charge is -2.31. The number of ether oxygens (including phenoxy) is 1. The minimum atomic E-state index is -0.430. The molecule has 0 spiro atoms. The lowest BCUT2D eigenvalue weighted by molar-refractivity contribution is 0.130. The fourth-order valence-electron chi connectivity index (χ4n) is 3.35. The van der Waals surface area contributed by atoms with Crippen molar-refractivity contribution in [3.63, 3.8) is 0 Å². The maximum Gasteiger partial charge on any atom is 0.347 e. The molecular formula is C24H28O3. The normalized spacial score (nSPS) is 18.9. The van der Waals surface area contributed by atoms with Crippen molar-refractivity contribution in [1.29, 1.82) is 0 Å². The molecule has 0 saturated carbocycles. The van der Waals surface area contributed by atoms with E-state index in [0.29, 0.717) is 16.9 Å². The summed E-state index contributed by atoms with van der Waals surface area (Å²) in [7, 11) is 0. The minimum absolute atomic E-state index is 0.350. The molecule has 3 heteroatoms. The first-order valence-electron chi connectivity index (χ1n) is 9.61. The van der Waals surface area contributed by atoms with Gasteiger partial charge >= 0.3 is 5.63 Å². The van der Waals surface area contributed by atoms with Gasteiger partial charge in [0.15, 0.2) is 0 Å². The Hall–Kier alpha value is -2.55. The molecule has 142 valence electrons. The number of hydrogen-bond donors (Lipinski definition) is 0. The van der Waals surface area contributed by atoms with E-state index in [9.17, 15) is 4.79 Å². The first-order valence-corrected chi connectivity index (χ1v) is 9.61. The quantitative estimate of drug-likeness (QED) is 0.438. The molecule has 1 aliphatic heterocycles. The van der Waals surface area contributed by atoms with E-state index >= 15 is 0 Å². The molecule has 0 fully saturated rings. The lowest BCUT2D eigenvalue weighted by atomic mass is 9.94. The molecule has 27 heavy (non-hydrogen) atoms. The molecule has 3 rings (SSSR count). The third-order valence-electron chi connectivity index (χ3n) is 4.96. The second kappa shape index (κ2) is 7.99. The number of para-hydroxylation sites is 1. The molecule has 2 heterocycles. The van der Waals surface area contributed by atoms with Crippen LogP contribution in [0.4, 0.5) is 0 Å². The Morgan fingerprint density at radius 3 is 2.67 bits per heavy atom. The lowest BCUT2D eigenvalue weighted by Crippen LogP contribution is -2.33. The monoisotopic (exact) mass is 364 g/mol. The van der Waals surface area contributed by atoms with E-state index in [1.807, 2.05) is 30.4 Å². The van der Waals surface area contributed by atoms with Gasteiger partial charge in [-0.05, 0) is 77.7 Å². The molecule has 0 saturated heterocycles. The SMILES string of the molecule is CC(C)=CCC/C(C)=C\CC[C@@]1(C)C=Cc2c(c3ccccc3oc2=O)O1. The topological polar surface area (TPSA) is 39.4 Å². The van der Waals surface area contributed by atoms with Gasteiger partial charge in [0.2, 0.25) is 0 Å². The Kier molecular flexibility index (Phi) is 5.69. The molecule has 0 bridgehead atoms. The molecule has 1 aromatic carbocycles. The van der Waals surface area contributed by atoms with Gasteiger partial charge in [-0.25, -0.2) is 4.79 Å². The van der Waals surface area contributed by atoms with Crippen LogP contribution in [0, 0.1) is 0 Å². The first kappa shape index (κ1) is 19.2. The van der Waals surface area contributed by atoms with E-state index in [4.69, 9.17) is 9.15 Å². The van der Waals surface area contributed by atoms with E-state index in [-0.39, 0.29) is 5.63 Å². The molecule has 0 amide bonds. The number of benzene rings is 1. The summed E-state index contributed by atoms with van der Waals surface area (Å²) < 4.78 is 11.7. The number of rotatable bonds is 6. The summed E-state index contributed by atoms with van der Waals surface area (Å²) >= 11 is 0. The summed E-state index contributed by atoms with van der Waals surface area (Å²) in [6, 6.07) is 7.52. The van der Waals surface area contributed by atoms with Crippen molar-refractivity contribution < 1.29 is 9.15 Å². The predicted molar refractivity (Wildman–Crippen MR) is 112 cm³/mol. The van der Waals surface area contributed by atoms with E-state index in [0.717, 1.165) is 31.1 Å². The Morgan fingerprint density at radius 1 is 1.11 bits per heavy atom. The van der Waals surface area contributed by atoms with Crippen LogP contribution in [0.15, 0.2) is 62.9 Å². The van der Waals surface area contributed by atoms with E-state index in [1.54, 1.807) is 6.07 Å². The summed E-state index contributed by atoms with van der Waals surface area (Å²) in [4.78, 5) is 12.2. The largest absolute Gasteiger partial charge is 0.482 e. The van der Waals surface area contributed by atoms with Crippen molar-refractivity contribution in [3.05, 3.63) is 69.6 Å².